The van der Waals surface area contributed by atoms with Crippen LogP contribution in [0.4, 0.5) is 5.69 Å². The molecule has 2 aromatic carbocycles. The van der Waals surface area contributed by atoms with Crippen LogP contribution in [0, 0.1) is 12.8 Å². The highest BCUT2D eigenvalue weighted by molar-refractivity contribution is 7.89. The maximum atomic E-state index is 13.2. The molecule has 7 nitrogen and oxygen atoms in total. The van der Waals surface area contributed by atoms with Gasteiger partial charge in [-0.3, -0.25) is 4.79 Å². The van der Waals surface area contributed by atoms with Gasteiger partial charge in [0.05, 0.1) is 14.2 Å². The fourth-order valence-electron chi connectivity index (χ4n) is 3.45. The van der Waals surface area contributed by atoms with Crippen molar-refractivity contribution in [2.45, 2.75) is 24.7 Å². The summed E-state index contributed by atoms with van der Waals surface area (Å²) in [6.07, 6.45) is 0.855. The number of methoxy groups -OCH3 is 2. The first-order valence-electron chi connectivity index (χ1n) is 9.55. The third kappa shape index (κ3) is 4.71. The van der Waals surface area contributed by atoms with E-state index < -0.39 is 10.0 Å². The number of hydrogen-bond acceptors (Lipinski definition) is 5. The lowest BCUT2D eigenvalue weighted by atomic mass is 9.97. The monoisotopic (exact) mass is 452 g/mol. The van der Waals surface area contributed by atoms with Gasteiger partial charge in [0.15, 0.2) is 0 Å². The second kappa shape index (κ2) is 9.24. The molecule has 0 aliphatic carbocycles. The topological polar surface area (TPSA) is 84.9 Å². The summed E-state index contributed by atoms with van der Waals surface area (Å²) in [5.41, 5.74) is 1.58. The van der Waals surface area contributed by atoms with Crippen molar-refractivity contribution in [3.8, 4) is 11.5 Å². The molecule has 162 valence electrons. The van der Waals surface area contributed by atoms with Crippen LogP contribution in [-0.2, 0) is 14.8 Å². The number of aryl methyl sites for hydroxylation is 1. The Labute approximate surface area is 182 Å². The quantitative estimate of drug-likeness (QED) is 0.722. The van der Waals surface area contributed by atoms with Crippen LogP contribution >= 0.6 is 11.6 Å². The fourth-order valence-corrected chi connectivity index (χ4v) is 5.26. The van der Waals surface area contributed by atoms with E-state index in [1.807, 2.05) is 13.0 Å². The highest BCUT2D eigenvalue weighted by Gasteiger charge is 2.34. The van der Waals surface area contributed by atoms with E-state index in [-0.39, 0.29) is 35.6 Å². The first-order valence-corrected chi connectivity index (χ1v) is 11.4. The zero-order chi connectivity index (χ0) is 21.9. The molecule has 0 aromatic heterocycles. The maximum absolute atomic E-state index is 13.2. The largest absolute Gasteiger partial charge is 0.497 e. The lowest BCUT2D eigenvalue weighted by Gasteiger charge is -2.31. The number of carbonyl (C=O) groups is 1. The molecule has 1 amide bonds. The highest BCUT2D eigenvalue weighted by Crippen LogP contribution is 2.33. The average molecular weight is 453 g/mol. The van der Waals surface area contributed by atoms with E-state index in [9.17, 15) is 13.2 Å². The van der Waals surface area contributed by atoms with Gasteiger partial charge in [-0.2, -0.15) is 4.31 Å². The van der Waals surface area contributed by atoms with E-state index in [1.165, 1.54) is 24.6 Å². The molecule has 1 aliphatic heterocycles. The average Bonchev–Trinajstić information content (AvgIpc) is 2.75. The SMILES string of the molecule is COc1ccc(OC)c(S(=O)(=O)N2CCC(C(=O)Nc3cc(Cl)ccc3C)CC2)c1. The number of carbonyl (C=O) groups excluding carboxylic acids is 1. The molecule has 9 heteroatoms. The van der Waals surface area contributed by atoms with Crippen molar-refractivity contribution >= 4 is 33.2 Å². The predicted molar refractivity (Wildman–Crippen MR) is 116 cm³/mol. The van der Waals surface area contributed by atoms with Crippen LogP contribution < -0.4 is 14.8 Å². The summed E-state index contributed by atoms with van der Waals surface area (Å²) in [7, 11) is -0.877. The molecule has 2 aromatic rings. The van der Waals surface area contributed by atoms with E-state index in [4.69, 9.17) is 21.1 Å². The molecule has 1 aliphatic rings. The minimum atomic E-state index is -3.78. The van der Waals surface area contributed by atoms with Gasteiger partial charge in [0.2, 0.25) is 15.9 Å². The number of ether oxygens (including phenoxy) is 2. The van der Waals surface area contributed by atoms with Crippen molar-refractivity contribution in [3.05, 3.63) is 47.0 Å². The molecular formula is C21H25ClN2O5S. The van der Waals surface area contributed by atoms with Gasteiger partial charge in [0, 0.05) is 35.8 Å². The van der Waals surface area contributed by atoms with Gasteiger partial charge >= 0.3 is 0 Å². The fraction of sp³-hybridized carbons (Fsp3) is 0.381. The summed E-state index contributed by atoms with van der Waals surface area (Å²) >= 11 is 6.02. The second-order valence-electron chi connectivity index (χ2n) is 7.14. The van der Waals surface area contributed by atoms with Crippen molar-refractivity contribution in [2.24, 2.45) is 5.92 Å². The van der Waals surface area contributed by atoms with E-state index >= 15 is 0 Å². The highest BCUT2D eigenvalue weighted by atomic mass is 35.5. The summed E-state index contributed by atoms with van der Waals surface area (Å²) in [6.45, 7) is 2.38. The van der Waals surface area contributed by atoms with Gasteiger partial charge in [0.1, 0.15) is 16.4 Å². The molecule has 1 fully saturated rings. The molecule has 0 unspecified atom stereocenters. The molecular weight excluding hydrogens is 428 g/mol. The third-order valence-electron chi connectivity index (χ3n) is 5.27. The molecule has 30 heavy (non-hydrogen) atoms. The van der Waals surface area contributed by atoms with Gasteiger partial charge in [-0.15, -0.1) is 0 Å². The van der Waals surface area contributed by atoms with E-state index in [2.05, 4.69) is 5.32 Å². The van der Waals surface area contributed by atoms with Gasteiger partial charge < -0.3 is 14.8 Å². The number of anilines is 1. The van der Waals surface area contributed by atoms with Crippen molar-refractivity contribution in [1.82, 2.24) is 4.31 Å². The van der Waals surface area contributed by atoms with Crippen molar-refractivity contribution in [1.29, 1.82) is 0 Å². The summed E-state index contributed by atoms with van der Waals surface area (Å²) in [6, 6.07) is 9.99. The van der Waals surface area contributed by atoms with Gasteiger partial charge in [-0.1, -0.05) is 17.7 Å². The van der Waals surface area contributed by atoms with Crippen LogP contribution in [0.2, 0.25) is 5.02 Å². The first-order chi connectivity index (χ1) is 14.3. The van der Waals surface area contributed by atoms with Gasteiger partial charge in [-0.05, 0) is 49.6 Å². The first kappa shape index (κ1) is 22.4. The van der Waals surface area contributed by atoms with Gasteiger partial charge in [-0.25, -0.2) is 8.42 Å². The lowest BCUT2D eigenvalue weighted by Crippen LogP contribution is -2.41. The number of sulfonamides is 1. The number of rotatable bonds is 6. The Bertz CT molecular complexity index is 1030. The summed E-state index contributed by atoms with van der Waals surface area (Å²) < 4.78 is 38.1. The van der Waals surface area contributed by atoms with E-state index in [0.29, 0.717) is 29.3 Å². The Morgan fingerprint density at radius 3 is 2.43 bits per heavy atom. The lowest BCUT2D eigenvalue weighted by molar-refractivity contribution is -0.120. The number of hydrogen-bond donors (Lipinski definition) is 1. The molecule has 0 atom stereocenters. The smallest absolute Gasteiger partial charge is 0.246 e. The number of amides is 1. The number of nitrogens with one attached hydrogen (secondary N) is 1. The van der Waals surface area contributed by atoms with Crippen LogP contribution in [0.3, 0.4) is 0 Å². The second-order valence-corrected chi connectivity index (χ2v) is 9.49. The molecule has 1 saturated heterocycles. The minimum absolute atomic E-state index is 0.0572. The molecule has 0 radical (unpaired) electrons. The Morgan fingerprint density at radius 1 is 1.10 bits per heavy atom. The summed E-state index contributed by atoms with van der Waals surface area (Å²) in [5.74, 6) is 0.283. The normalized spacial score (nSPS) is 15.6. The van der Waals surface area contributed by atoms with Crippen molar-refractivity contribution in [2.75, 3.05) is 32.6 Å². The zero-order valence-electron chi connectivity index (χ0n) is 17.1. The number of piperidine rings is 1. The van der Waals surface area contributed by atoms with E-state index in [0.717, 1.165) is 5.56 Å². The molecule has 1 N–H and O–H groups in total. The summed E-state index contributed by atoms with van der Waals surface area (Å²) in [4.78, 5) is 12.7. The summed E-state index contributed by atoms with van der Waals surface area (Å²) in [5, 5.41) is 3.46. The molecule has 3 rings (SSSR count). The third-order valence-corrected chi connectivity index (χ3v) is 7.43. The Kier molecular flexibility index (Phi) is 6.90. The predicted octanol–water partition coefficient (Wildman–Crippen LogP) is 3.71. The molecule has 1 heterocycles. The Morgan fingerprint density at radius 2 is 1.80 bits per heavy atom. The minimum Gasteiger partial charge on any atom is -0.497 e. The van der Waals surface area contributed by atoms with Crippen LogP contribution in [-0.4, -0.2) is 45.9 Å². The Balaban J connectivity index is 1.70. The van der Waals surface area contributed by atoms with Crippen molar-refractivity contribution < 1.29 is 22.7 Å². The van der Waals surface area contributed by atoms with Crippen LogP contribution in [0.15, 0.2) is 41.3 Å². The number of benzene rings is 2. The molecule has 0 spiro atoms. The van der Waals surface area contributed by atoms with Crippen LogP contribution in [0.25, 0.3) is 0 Å². The molecule has 0 saturated carbocycles. The van der Waals surface area contributed by atoms with Crippen LogP contribution in [0.1, 0.15) is 18.4 Å². The van der Waals surface area contributed by atoms with E-state index in [1.54, 1.807) is 24.3 Å². The zero-order valence-corrected chi connectivity index (χ0v) is 18.7. The number of halogens is 1. The van der Waals surface area contributed by atoms with Gasteiger partial charge in [0.25, 0.3) is 0 Å². The number of nitrogens with zero attached hydrogens (tertiary/aromatic N) is 1. The molecule has 0 bridgehead atoms. The standard InChI is InChI=1S/C21H25ClN2O5S/c1-14-4-5-16(22)12-18(14)23-21(25)15-8-10-24(11-9-15)30(26,27)20-13-17(28-2)6-7-19(20)29-3/h4-7,12-13,15H,8-11H2,1-3H3,(H,23,25). The Hall–Kier alpha value is -2.29. The maximum Gasteiger partial charge on any atom is 0.246 e. The van der Waals surface area contributed by atoms with Crippen molar-refractivity contribution in [3.63, 3.8) is 0 Å². The van der Waals surface area contributed by atoms with Crippen LogP contribution in [0.5, 0.6) is 11.5 Å².